The fraction of sp³-hybridized carbons (Fsp3) is 0.471. The quantitative estimate of drug-likeness (QED) is 0.904. The normalized spacial score (nSPS) is 14.5. The molecule has 1 aliphatic heterocycles. The van der Waals surface area contributed by atoms with Gasteiger partial charge in [0.25, 0.3) is 5.56 Å². The minimum Gasteiger partial charge on any atom is -0.479 e. The van der Waals surface area contributed by atoms with Crippen molar-refractivity contribution in [2.24, 2.45) is 0 Å². The highest BCUT2D eigenvalue weighted by Crippen LogP contribution is 2.19. The molecular formula is C17H21FN4O2. The highest BCUT2D eigenvalue weighted by Gasteiger charge is 2.21. The average molecular weight is 332 g/mol. The van der Waals surface area contributed by atoms with Crippen LogP contribution in [-0.2, 0) is 25.9 Å². The van der Waals surface area contributed by atoms with Gasteiger partial charge < -0.3 is 9.72 Å². The Hall–Kier alpha value is -2.28. The van der Waals surface area contributed by atoms with Crippen LogP contribution >= 0.6 is 0 Å². The lowest BCUT2D eigenvalue weighted by Gasteiger charge is -2.27. The van der Waals surface area contributed by atoms with Gasteiger partial charge in [0.15, 0.2) is 5.82 Å². The van der Waals surface area contributed by atoms with E-state index < -0.39 is 5.82 Å². The van der Waals surface area contributed by atoms with E-state index in [1.54, 1.807) is 6.20 Å². The van der Waals surface area contributed by atoms with E-state index in [4.69, 9.17) is 4.74 Å². The SMILES string of the molecule is CCCc1nc2c(c(=O)[nH]1)CN(Cc1cnc(OC)c(F)c1)CC2. The highest BCUT2D eigenvalue weighted by atomic mass is 19.1. The third kappa shape index (κ3) is 3.46. The van der Waals surface area contributed by atoms with Crippen LogP contribution in [-0.4, -0.2) is 33.5 Å². The summed E-state index contributed by atoms with van der Waals surface area (Å²) in [6, 6.07) is 1.42. The molecule has 0 aromatic carbocycles. The summed E-state index contributed by atoms with van der Waals surface area (Å²) in [4.78, 5) is 25.8. The third-order valence-electron chi connectivity index (χ3n) is 4.15. The van der Waals surface area contributed by atoms with Gasteiger partial charge in [-0.25, -0.2) is 14.4 Å². The Morgan fingerprint density at radius 1 is 1.46 bits per heavy atom. The molecule has 0 fully saturated rings. The van der Waals surface area contributed by atoms with Gasteiger partial charge in [-0.2, -0.15) is 0 Å². The molecule has 0 amide bonds. The molecular weight excluding hydrogens is 311 g/mol. The van der Waals surface area contributed by atoms with Gasteiger partial charge in [0.2, 0.25) is 5.88 Å². The number of aryl methyl sites for hydroxylation is 1. The zero-order valence-electron chi connectivity index (χ0n) is 13.9. The smallest absolute Gasteiger partial charge is 0.255 e. The molecule has 0 spiro atoms. The summed E-state index contributed by atoms with van der Waals surface area (Å²) in [7, 11) is 1.39. The fourth-order valence-electron chi connectivity index (χ4n) is 2.98. The second kappa shape index (κ2) is 7.09. The Kier molecular flexibility index (Phi) is 4.89. The van der Waals surface area contributed by atoms with Crippen molar-refractivity contribution in [1.82, 2.24) is 19.9 Å². The number of hydrogen-bond donors (Lipinski definition) is 1. The number of halogens is 1. The molecule has 0 bridgehead atoms. The Labute approximate surface area is 139 Å². The van der Waals surface area contributed by atoms with Crippen LogP contribution in [0.1, 0.15) is 36.0 Å². The number of aromatic amines is 1. The molecule has 7 heteroatoms. The van der Waals surface area contributed by atoms with Crippen molar-refractivity contribution in [2.45, 2.75) is 39.3 Å². The number of aromatic nitrogens is 3. The number of hydrogen-bond acceptors (Lipinski definition) is 5. The summed E-state index contributed by atoms with van der Waals surface area (Å²) in [5, 5.41) is 0. The maximum atomic E-state index is 13.8. The summed E-state index contributed by atoms with van der Waals surface area (Å²) >= 11 is 0. The second-order valence-corrected chi connectivity index (χ2v) is 5.98. The Morgan fingerprint density at radius 3 is 3.00 bits per heavy atom. The zero-order chi connectivity index (χ0) is 17.1. The summed E-state index contributed by atoms with van der Waals surface area (Å²) in [5.74, 6) is 0.277. The van der Waals surface area contributed by atoms with Crippen molar-refractivity contribution in [1.29, 1.82) is 0 Å². The number of nitrogens with zero attached hydrogens (tertiary/aromatic N) is 3. The largest absolute Gasteiger partial charge is 0.479 e. The third-order valence-corrected chi connectivity index (χ3v) is 4.15. The van der Waals surface area contributed by atoms with Crippen molar-refractivity contribution in [3.63, 3.8) is 0 Å². The summed E-state index contributed by atoms with van der Waals surface area (Å²) in [6.07, 6.45) is 4.05. The Morgan fingerprint density at radius 2 is 2.29 bits per heavy atom. The number of ether oxygens (including phenoxy) is 1. The zero-order valence-corrected chi connectivity index (χ0v) is 13.9. The predicted octanol–water partition coefficient (Wildman–Crippen LogP) is 1.82. The van der Waals surface area contributed by atoms with Crippen LogP contribution in [0.3, 0.4) is 0 Å². The van der Waals surface area contributed by atoms with Crippen molar-refractivity contribution >= 4 is 0 Å². The minimum atomic E-state index is -0.476. The van der Waals surface area contributed by atoms with Crippen LogP contribution in [0.25, 0.3) is 0 Å². The molecule has 0 atom stereocenters. The van der Waals surface area contributed by atoms with Gasteiger partial charge >= 0.3 is 0 Å². The van der Waals surface area contributed by atoms with Crippen molar-refractivity contribution in [3.05, 3.63) is 51.1 Å². The lowest BCUT2D eigenvalue weighted by Crippen LogP contribution is -2.35. The second-order valence-electron chi connectivity index (χ2n) is 5.98. The van der Waals surface area contributed by atoms with E-state index >= 15 is 0 Å². The van der Waals surface area contributed by atoms with E-state index in [1.165, 1.54) is 13.2 Å². The first kappa shape index (κ1) is 16.6. The topological polar surface area (TPSA) is 71.1 Å². The van der Waals surface area contributed by atoms with Crippen LogP contribution < -0.4 is 10.3 Å². The monoisotopic (exact) mass is 332 g/mol. The Bertz CT molecular complexity index is 791. The van der Waals surface area contributed by atoms with Crippen LogP contribution in [0.15, 0.2) is 17.1 Å². The van der Waals surface area contributed by atoms with Crippen LogP contribution in [0.5, 0.6) is 5.88 Å². The Balaban J connectivity index is 1.75. The molecule has 0 unspecified atom stereocenters. The van der Waals surface area contributed by atoms with E-state index in [2.05, 4.69) is 26.8 Å². The van der Waals surface area contributed by atoms with Gasteiger partial charge in [-0.1, -0.05) is 6.92 Å². The van der Waals surface area contributed by atoms with Crippen LogP contribution in [0.2, 0.25) is 0 Å². The molecule has 128 valence electrons. The number of pyridine rings is 1. The van der Waals surface area contributed by atoms with Crippen molar-refractivity contribution < 1.29 is 9.13 Å². The molecule has 2 aromatic rings. The first-order valence-electron chi connectivity index (χ1n) is 8.12. The summed E-state index contributed by atoms with van der Waals surface area (Å²) in [6.45, 7) is 3.88. The average Bonchev–Trinajstić information content (AvgIpc) is 2.56. The van der Waals surface area contributed by atoms with Gasteiger partial charge in [-0.05, 0) is 18.1 Å². The van der Waals surface area contributed by atoms with Gasteiger partial charge in [0, 0.05) is 38.7 Å². The highest BCUT2D eigenvalue weighted by molar-refractivity contribution is 5.23. The molecule has 0 aliphatic carbocycles. The molecule has 3 heterocycles. The molecule has 1 N–H and O–H groups in total. The van der Waals surface area contributed by atoms with Crippen LogP contribution in [0, 0.1) is 5.82 Å². The maximum Gasteiger partial charge on any atom is 0.255 e. The van der Waals surface area contributed by atoms with Gasteiger partial charge in [0.1, 0.15) is 5.82 Å². The van der Waals surface area contributed by atoms with E-state index in [9.17, 15) is 9.18 Å². The van der Waals surface area contributed by atoms with E-state index in [0.717, 1.165) is 42.9 Å². The molecule has 24 heavy (non-hydrogen) atoms. The van der Waals surface area contributed by atoms with Gasteiger partial charge in [0.05, 0.1) is 18.4 Å². The molecule has 0 radical (unpaired) electrons. The first-order valence-corrected chi connectivity index (χ1v) is 8.12. The van der Waals surface area contributed by atoms with Crippen molar-refractivity contribution in [3.8, 4) is 5.88 Å². The number of fused-ring (bicyclic) bond motifs is 1. The number of rotatable bonds is 5. The molecule has 0 saturated heterocycles. The van der Waals surface area contributed by atoms with Gasteiger partial charge in [-0.15, -0.1) is 0 Å². The predicted molar refractivity (Wildman–Crippen MR) is 87.4 cm³/mol. The number of H-pyrrole nitrogens is 1. The molecule has 6 nitrogen and oxygen atoms in total. The summed E-state index contributed by atoms with van der Waals surface area (Å²) in [5.41, 5.74) is 2.29. The number of methoxy groups -OCH3 is 1. The van der Waals surface area contributed by atoms with Crippen LogP contribution in [0.4, 0.5) is 4.39 Å². The van der Waals surface area contributed by atoms with Gasteiger partial charge in [-0.3, -0.25) is 9.69 Å². The van der Waals surface area contributed by atoms with E-state index in [-0.39, 0.29) is 11.4 Å². The molecule has 0 saturated carbocycles. The van der Waals surface area contributed by atoms with E-state index in [1.807, 2.05) is 0 Å². The molecule has 1 aliphatic rings. The molecule has 2 aromatic heterocycles. The molecule has 3 rings (SSSR count). The maximum absolute atomic E-state index is 13.8. The lowest BCUT2D eigenvalue weighted by molar-refractivity contribution is 0.240. The minimum absolute atomic E-state index is 0.00756. The lowest BCUT2D eigenvalue weighted by atomic mass is 10.1. The number of nitrogens with one attached hydrogen (secondary N) is 1. The fourth-order valence-corrected chi connectivity index (χ4v) is 2.98. The standard InChI is InChI=1S/C17H21FN4O2/c1-3-4-15-20-14-5-6-22(10-12(14)16(23)21-15)9-11-7-13(18)17(24-2)19-8-11/h7-8H,3-6,9-10H2,1-2H3,(H,20,21,23). The van der Waals surface area contributed by atoms with E-state index in [0.29, 0.717) is 18.7 Å². The van der Waals surface area contributed by atoms with Crippen molar-refractivity contribution in [2.75, 3.05) is 13.7 Å². The summed E-state index contributed by atoms with van der Waals surface area (Å²) < 4.78 is 18.6. The first-order chi connectivity index (χ1) is 11.6.